The summed E-state index contributed by atoms with van der Waals surface area (Å²) in [7, 11) is 0. The number of hydrogen-bond acceptors (Lipinski definition) is 5. The van der Waals surface area contributed by atoms with Gasteiger partial charge in [0.2, 0.25) is 0 Å². The highest BCUT2D eigenvalue weighted by atomic mass is 16.6. The highest BCUT2D eigenvalue weighted by Gasteiger charge is 2.34. The second-order valence-electron chi connectivity index (χ2n) is 9.83. The van der Waals surface area contributed by atoms with E-state index in [4.69, 9.17) is 14.2 Å². The quantitative estimate of drug-likeness (QED) is 0.312. The summed E-state index contributed by atoms with van der Waals surface area (Å²) < 4.78 is 17.5. The maximum atomic E-state index is 12.0. The van der Waals surface area contributed by atoms with Gasteiger partial charge in [0.05, 0.1) is 19.6 Å². The molecule has 176 valence electrons. The fourth-order valence-electron chi connectivity index (χ4n) is 3.93. The van der Waals surface area contributed by atoms with Crippen molar-refractivity contribution in [3.63, 3.8) is 0 Å². The van der Waals surface area contributed by atoms with E-state index in [1.54, 1.807) is 0 Å². The second-order valence-corrected chi connectivity index (χ2v) is 9.83. The number of ether oxygens (including phenoxy) is 3. The third-order valence-electron chi connectivity index (χ3n) is 5.64. The van der Waals surface area contributed by atoms with Gasteiger partial charge < -0.3 is 14.2 Å². The highest BCUT2D eigenvalue weighted by Crippen LogP contribution is 2.31. The number of rotatable bonds is 12. The fraction of sp³-hybridized carbons (Fsp3) is 0.731. The molecule has 1 fully saturated rings. The SMILES string of the molecule is CCCCCCCCOc1ccc(C2(C)CN(CCC(=O)OC(C)(C)C)CCO2)cc1. The van der Waals surface area contributed by atoms with Gasteiger partial charge in [0.15, 0.2) is 0 Å². The number of carbonyl (C=O) groups is 1. The van der Waals surface area contributed by atoms with Crippen LogP contribution in [0.25, 0.3) is 0 Å². The van der Waals surface area contributed by atoms with Crippen molar-refractivity contribution >= 4 is 5.97 Å². The molecule has 0 spiro atoms. The van der Waals surface area contributed by atoms with Crippen LogP contribution in [-0.4, -0.2) is 49.3 Å². The summed E-state index contributed by atoms with van der Waals surface area (Å²) in [5.41, 5.74) is 0.320. The molecule has 1 aliphatic heterocycles. The van der Waals surface area contributed by atoms with Crippen molar-refractivity contribution in [3.05, 3.63) is 29.8 Å². The predicted octanol–water partition coefficient (Wildman–Crippen LogP) is 5.71. The molecule has 1 heterocycles. The molecule has 0 saturated carbocycles. The number of esters is 1. The molecule has 0 aromatic heterocycles. The minimum Gasteiger partial charge on any atom is -0.494 e. The van der Waals surface area contributed by atoms with Gasteiger partial charge in [-0.1, -0.05) is 51.2 Å². The zero-order valence-corrected chi connectivity index (χ0v) is 20.4. The van der Waals surface area contributed by atoms with Crippen molar-refractivity contribution in [1.82, 2.24) is 4.90 Å². The van der Waals surface area contributed by atoms with Crippen LogP contribution < -0.4 is 4.74 Å². The number of hydrogen-bond donors (Lipinski definition) is 0. The molecule has 1 unspecified atom stereocenters. The molecule has 5 nitrogen and oxygen atoms in total. The summed E-state index contributed by atoms with van der Waals surface area (Å²) in [6, 6.07) is 8.29. The van der Waals surface area contributed by atoms with Crippen molar-refractivity contribution in [2.24, 2.45) is 0 Å². The van der Waals surface area contributed by atoms with Gasteiger partial charge in [0.25, 0.3) is 0 Å². The smallest absolute Gasteiger partial charge is 0.307 e. The van der Waals surface area contributed by atoms with E-state index >= 15 is 0 Å². The first-order valence-corrected chi connectivity index (χ1v) is 12.0. The summed E-state index contributed by atoms with van der Waals surface area (Å²) in [6.07, 6.45) is 8.00. The average Bonchev–Trinajstić information content (AvgIpc) is 2.71. The number of unbranched alkanes of at least 4 members (excludes halogenated alkanes) is 5. The third-order valence-corrected chi connectivity index (χ3v) is 5.64. The lowest BCUT2D eigenvalue weighted by Gasteiger charge is -2.41. The van der Waals surface area contributed by atoms with E-state index in [2.05, 4.69) is 30.9 Å². The van der Waals surface area contributed by atoms with E-state index in [0.29, 0.717) is 19.6 Å². The molecule has 5 heteroatoms. The van der Waals surface area contributed by atoms with E-state index in [-0.39, 0.29) is 11.6 Å². The van der Waals surface area contributed by atoms with Crippen LogP contribution >= 0.6 is 0 Å². The molecule has 31 heavy (non-hydrogen) atoms. The Balaban J connectivity index is 1.78. The van der Waals surface area contributed by atoms with Gasteiger partial charge in [-0.3, -0.25) is 9.69 Å². The van der Waals surface area contributed by atoms with Crippen molar-refractivity contribution in [3.8, 4) is 5.75 Å². The van der Waals surface area contributed by atoms with Crippen molar-refractivity contribution < 1.29 is 19.0 Å². The zero-order chi connectivity index (χ0) is 22.7. The topological polar surface area (TPSA) is 48.0 Å². The summed E-state index contributed by atoms with van der Waals surface area (Å²) in [5.74, 6) is 0.769. The molecule has 0 radical (unpaired) electrons. The average molecular weight is 434 g/mol. The van der Waals surface area contributed by atoms with E-state index in [0.717, 1.165) is 37.4 Å². The normalized spacial score (nSPS) is 19.9. The van der Waals surface area contributed by atoms with Crippen LogP contribution in [0.15, 0.2) is 24.3 Å². The van der Waals surface area contributed by atoms with E-state index in [1.165, 1.54) is 32.1 Å². The molecule has 1 saturated heterocycles. The maximum Gasteiger partial charge on any atom is 0.307 e. The van der Waals surface area contributed by atoms with Crippen molar-refractivity contribution in [2.45, 2.75) is 90.8 Å². The second kappa shape index (κ2) is 12.4. The molecular formula is C26H43NO4. The Morgan fingerprint density at radius 1 is 1.10 bits per heavy atom. The van der Waals surface area contributed by atoms with Gasteiger partial charge in [-0.15, -0.1) is 0 Å². The van der Waals surface area contributed by atoms with Gasteiger partial charge in [-0.2, -0.15) is 0 Å². The lowest BCUT2D eigenvalue weighted by Crippen LogP contribution is -2.48. The Labute approximate surface area is 189 Å². The number of nitrogens with zero attached hydrogens (tertiary/aromatic N) is 1. The monoisotopic (exact) mass is 433 g/mol. The Morgan fingerprint density at radius 3 is 2.45 bits per heavy atom. The molecule has 0 aliphatic carbocycles. The standard InChI is InChI=1S/C26H43NO4/c1-6-7-8-9-10-11-19-29-23-14-12-22(13-15-23)26(5)21-27(18-20-30-26)17-16-24(28)31-25(2,3)4/h12-15H,6-11,16-21H2,1-5H3. The summed E-state index contributed by atoms with van der Waals surface area (Å²) in [6.45, 7) is 13.8. The zero-order valence-electron chi connectivity index (χ0n) is 20.4. The first-order valence-electron chi connectivity index (χ1n) is 12.0. The maximum absolute atomic E-state index is 12.0. The Morgan fingerprint density at radius 2 is 1.77 bits per heavy atom. The van der Waals surface area contributed by atoms with E-state index in [1.807, 2.05) is 32.9 Å². The van der Waals surface area contributed by atoms with Gasteiger partial charge in [0, 0.05) is 19.6 Å². The van der Waals surface area contributed by atoms with Gasteiger partial charge in [0.1, 0.15) is 17.0 Å². The molecule has 0 N–H and O–H groups in total. The highest BCUT2D eigenvalue weighted by molar-refractivity contribution is 5.70. The molecular weight excluding hydrogens is 390 g/mol. The number of morpholine rings is 1. The summed E-state index contributed by atoms with van der Waals surface area (Å²) >= 11 is 0. The largest absolute Gasteiger partial charge is 0.494 e. The lowest BCUT2D eigenvalue weighted by molar-refractivity contribution is -0.156. The Kier molecular flexibility index (Phi) is 10.3. The van der Waals surface area contributed by atoms with Crippen molar-refractivity contribution in [2.75, 3.05) is 32.8 Å². The predicted molar refractivity (Wildman–Crippen MR) is 126 cm³/mol. The molecule has 2 rings (SSSR count). The van der Waals surface area contributed by atoms with Crippen molar-refractivity contribution in [1.29, 1.82) is 0 Å². The van der Waals surface area contributed by atoms with E-state index in [9.17, 15) is 4.79 Å². The fourth-order valence-corrected chi connectivity index (χ4v) is 3.93. The lowest BCUT2D eigenvalue weighted by atomic mass is 9.93. The van der Waals surface area contributed by atoms with Crippen LogP contribution in [0, 0.1) is 0 Å². The number of carbonyl (C=O) groups excluding carboxylic acids is 1. The first-order chi connectivity index (χ1) is 14.7. The Bertz CT molecular complexity index is 652. The van der Waals surface area contributed by atoms with E-state index < -0.39 is 5.60 Å². The minimum atomic E-state index is -0.435. The van der Waals surface area contributed by atoms with Crippen LogP contribution in [0.1, 0.15) is 85.1 Å². The van der Waals surface area contributed by atoms with Crippen LogP contribution in [-0.2, 0) is 19.9 Å². The van der Waals surface area contributed by atoms with Gasteiger partial charge >= 0.3 is 5.97 Å². The van der Waals surface area contributed by atoms with Gasteiger partial charge in [-0.05, 0) is 51.8 Å². The molecule has 0 amide bonds. The van der Waals surface area contributed by atoms with Crippen LogP contribution in [0.5, 0.6) is 5.75 Å². The molecule has 1 aliphatic rings. The van der Waals surface area contributed by atoms with Crippen LogP contribution in [0.2, 0.25) is 0 Å². The van der Waals surface area contributed by atoms with Crippen LogP contribution in [0.3, 0.4) is 0 Å². The first kappa shape index (κ1) is 25.7. The number of benzene rings is 1. The Hall–Kier alpha value is -1.59. The summed E-state index contributed by atoms with van der Waals surface area (Å²) in [4.78, 5) is 14.3. The molecule has 1 aromatic carbocycles. The van der Waals surface area contributed by atoms with Crippen LogP contribution in [0.4, 0.5) is 0 Å². The third kappa shape index (κ3) is 9.61. The molecule has 1 aromatic rings. The molecule has 0 bridgehead atoms. The molecule has 1 atom stereocenters. The van der Waals surface area contributed by atoms with Gasteiger partial charge in [-0.25, -0.2) is 0 Å². The minimum absolute atomic E-state index is 0.146. The summed E-state index contributed by atoms with van der Waals surface area (Å²) in [5, 5.41) is 0.